The second-order valence-electron chi connectivity index (χ2n) is 5.27. The Morgan fingerprint density at radius 3 is 2.60 bits per heavy atom. The normalized spacial score (nSPS) is 18.2. The van der Waals surface area contributed by atoms with Crippen LogP contribution < -0.4 is 10.6 Å². The van der Waals surface area contributed by atoms with Gasteiger partial charge in [0.05, 0.1) is 0 Å². The average molecular weight is 407 g/mol. The van der Waals surface area contributed by atoms with Gasteiger partial charge in [0.15, 0.2) is 5.96 Å². The summed E-state index contributed by atoms with van der Waals surface area (Å²) in [6.45, 7) is 4.00. The van der Waals surface area contributed by atoms with Gasteiger partial charge in [-0.1, -0.05) is 25.3 Å². The van der Waals surface area contributed by atoms with E-state index in [0.717, 1.165) is 19.0 Å². The highest BCUT2D eigenvalue weighted by Crippen LogP contribution is 2.40. The molecule has 1 heterocycles. The lowest BCUT2D eigenvalue weighted by Gasteiger charge is -2.37. The second kappa shape index (κ2) is 8.87. The summed E-state index contributed by atoms with van der Waals surface area (Å²) in [5, 5.41) is 8.99. The molecule has 0 bridgehead atoms. The summed E-state index contributed by atoms with van der Waals surface area (Å²) in [4.78, 5) is 5.81. The van der Waals surface area contributed by atoms with Crippen molar-refractivity contribution in [1.82, 2.24) is 10.6 Å². The SMILES string of the molecule is CCNC(=NC)NCC1(c2cccs2)CCCCC1.I. The molecule has 0 saturated heterocycles. The Kier molecular flexibility index (Phi) is 7.87. The van der Waals surface area contributed by atoms with Crippen molar-refractivity contribution in [2.24, 2.45) is 4.99 Å². The quantitative estimate of drug-likeness (QED) is 0.453. The minimum Gasteiger partial charge on any atom is -0.357 e. The Morgan fingerprint density at radius 2 is 2.05 bits per heavy atom. The summed E-state index contributed by atoms with van der Waals surface area (Å²) >= 11 is 1.90. The van der Waals surface area contributed by atoms with Gasteiger partial charge in [0.25, 0.3) is 0 Å². The molecule has 1 aromatic rings. The maximum absolute atomic E-state index is 4.27. The fraction of sp³-hybridized carbons (Fsp3) is 0.667. The maximum Gasteiger partial charge on any atom is 0.190 e. The number of rotatable bonds is 4. The largest absolute Gasteiger partial charge is 0.357 e. The number of thiophene rings is 1. The summed E-state index contributed by atoms with van der Waals surface area (Å²) in [5.74, 6) is 0.920. The molecule has 0 aliphatic heterocycles. The van der Waals surface area contributed by atoms with Crippen LogP contribution in [0.25, 0.3) is 0 Å². The van der Waals surface area contributed by atoms with Crippen molar-refractivity contribution in [3.8, 4) is 0 Å². The molecular formula is C15H26IN3S. The Morgan fingerprint density at radius 1 is 1.30 bits per heavy atom. The molecule has 0 amide bonds. The fourth-order valence-electron chi connectivity index (χ4n) is 2.96. The first-order chi connectivity index (χ1) is 9.30. The van der Waals surface area contributed by atoms with E-state index in [1.54, 1.807) is 0 Å². The highest BCUT2D eigenvalue weighted by molar-refractivity contribution is 14.0. The predicted octanol–water partition coefficient (Wildman–Crippen LogP) is 3.75. The zero-order chi connectivity index (χ0) is 13.6. The molecule has 0 unspecified atom stereocenters. The number of guanidine groups is 1. The topological polar surface area (TPSA) is 36.4 Å². The van der Waals surface area contributed by atoms with E-state index < -0.39 is 0 Å². The van der Waals surface area contributed by atoms with E-state index in [1.807, 2.05) is 18.4 Å². The zero-order valence-corrected chi connectivity index (χ0v) is 15.6. The number of nitrogens with zero attached hydrogens (tertiary/aromatic N) is 1. The van der Waals surface area contributed by atoms with Crippen molar-refractivity contribution < 1.29 is 0 Å². The van der Waals surface area contributed by atoms with Gasteiger partial charge in [-0.15, -0.1) is 35.3 Å². The van der Waals surface area contributed by atoms with Crippen LogP contribution in [0.1, 0.15) is 43.9 Å². The zero-order valence-electron chi connectivity index (χ0n) is 12.4. The van der Waals surface area contributed by atoms with Gasteiger partial charge in [-0.3, -0.25) is 4.99 Å². The molecule has 0 aromatic carbocycles. The van der Waals surface area contributed by atoms with Crippen LogP contribution >= 0.6 is 35.3 Å². The number of aliphatic imine (C=N–C) groups is 1. The average Bonchev–Trinajstić information content (AvgIpc) is 2.99. The van der Waals surface area contributed by atoms with Crippen LogP contribution in [0.4, 0.5) is 0 Å². The van der Waals surface area contributed by atoms with Crippen molar-refractivity contribution in [2.45, 2.75) is 44.4 Å². The van der Waals surface area contributed by atoms with E-state index in [1.165, 1.54) is 37.0 Å². The van der Waals surface area contributed by atoms with Crippen molar-refractivity contribution in [1.29, 1.82) is 0 Å². The van der Waals surface area contributed by atoms with E-state index in [2.05, 4.69) is 40.1 Å². The van der Waals surface area contributed by atoms with Gasteiger partial charge in [-0.05, 0) is 31.2 Å². The van der Waals surface area contributed by atoms with Crippen LogP contribution in [-0.4, -0.2) is 26.1 Å². The first-order valence-electron chi connectivity index (χ1n) is 7.29. The van der Waals surface area contributed by atoms with Crippen molar-refractivity contribution in [3.63, 3.8) is 0 Å². The lowest BCUT2D eigenvalue weighted by Crippen LogP contribution is -2.46. The Hall–Kier alpha value is -0.300. The lowest BCUT2D eigenvalue weighted by atomic mass is 9.73. The second-order valence-corrected chi connectivity index (χ2v) is 6.22. The third kappa shape index (κ3) is 4.35. The number of hydrogen-bond acceptors (Lipinski definition) is 2. The van der Waals surface area contributed by atoms with Gasteiger partial charge in [0.2, 0.25) is 0 Å². The smallest absolute Gasteiger partial charge is 0.190 e. The Bertz CT molecular complexity index is 397. The third-order valence-corrected chi connectivity index (χ3v) is 5.13. The summed E-state index contributed by atoms with van der Waals surface area (Å²) in [6.07, 6.45) is 6.67. The Balaban J connectivity index is 0.00000200. The molecule has 2 rings (SSSR count). The molecule has 1 aliphatic rings. The third-order valence-electron chi connectivity index (χ3n) is 4.02. The van der Waals surface area contributed by atoms with Crippen molar-refractivity contribution in [2.75, 3.05) is 20.1 Å². The van der Waals surface area contributed by atoms with Crippen LogP contribution in [0, 0.1) is 0 Å². The van der Waals surface area contributed by atoms with Gasteiger partial charge in [0, 0.05) is 30.4 Å². The highest BCUT2D eigenvalue weighted by Gasteiger charge is 2.34. The number of hydrogen-bond donors (Lipinski definition) is 2. The first-order valence-corrected chi connectivity index (χ1v) is 8.17. The maximum atomic E-state index is 4.27. The molecule has 20 heavy (non-hydrogen) atoms. The molecule has 3 nitrogen and oxygen atoms in total. The van der Waals surface area contributed by atoms with Crippen molar-refractivity contribution in [3.05, 3.63) is 22.4 Å². The highest BCUT2D eigenvalue weighted by atomic mass is 127. The Labute approximate surface area is 143 Å². The van der Waals surface area contributed by atoms with Gasteiger partial charge < -0.3 is 10.6 Å². The molecule has 5 heteroatoms. The van der Waals surface area contributed by atoms with Crippen LogP contribution in [0.3, 0.4) is 0 Å². The van der Waals surface area contributed by atoms with E-state index in [0.29, 0.717) is 5.41 Å². The molecule has 114 valence electrons. The number of nitrogens with one attached hydrogen (secondary N) is 2. The standard InChI is InChI=1S/C15H25N3S.HI/c1-3-17-14(16-2)18-12-15(9-5-4-6-10-15)13-8-7-11-19-13;/h7-8,11H,3-6,9-10,12H2,1-2H3,(H2,16,17,18);1H. The van der Waals surface area contributed by atoms with Gasteiger partial charge in [0.1, 0.15) is 0 Å². The van der Waals surface area contributed by atoms with Crippen LogP contribution in [-0.2, 0) is 5.41 Å². The lowest BCUT2D eigenvalue weighted by molar-refractivity contribution is 0.296. The first kappa shape index (κ1) is 17.8. The summed E-state index contributed by atoms with van der Waals surface area (Å²) < 4.78 is 0. The minimum atomic E-state index is 0. The summed E-state index contributed by atoms with van der Waals surface area (Å²) in [6, 6.07) is 4.48. The summed E-state index contributed by atoms with van der Waals surface area (Å²) in [5.41, 5.74) is 0.317. The fourth-order valence-corrected chi connectivity index (χ4v) is 3.95. The van der Waals surface area contributed by atoms with E-state index in [9.17, 15) is 0 Å². The van der Waals surface area contributed by atoms with Crippen LogP contribution in [0.15, 0.2) is 22.5 Å². The van der Waals surface area contributed by atoms with Gasteiger partial charge in [-0.25, -0.2) is 0 Å². The molecule has 1 saturated carbocycles. The van der Waals surface area contributed by atoms with E-state index >= 15 is 0 Å². The molecule has 1 fully saturated rings. The van der Waals surface area contributed by atoms with Crippen molar-refractivity contribution >= 4 is 41.3 Å². The van der Waals surface area contributed by atoms with E-state index in [-0.39, 0.29) is 24.0 Å². The molecule has 2 N–H and O–H groups in total. The molecular weight excluding hydrogens is 381 g/mol. The van der Waals surface area contributed by atoms with Gasteiger partial charge >= 0.3 is 0 Å². The van der Waals surface area contributed by atoms with E-state index in [4.69, 9.17) is 0 Å². The van der Waals surface area contributed by atoms with Crippen LogP contribution in [0.2, 0.25) is 0 Å². The van der Waals surface area contributed by atoms with Crippen LogP contribution in [0.5, 0.6) is 0 Å². The van der Waals surface area contributed by atoms with Gasteiger partial charge in [-0.2, -0.15) is 0 Å². The predicted molar refractivity (Wildman–Crippen MR) is 99.5 cm³/mol. The minimum absolute atomic E-state index is 0. The molecule has 0 atom stereocenters. The number of halogens is 1. The molecule has 0 spiro atoms. The molecule has 1 aliphatic carbocycles. The molecule has 1 aromatic heterocycles. The summed E-state index contributed by atoms with van der Waals surface area (Å²) in [7, 11) is 1.84. The molecule has 0 radical (unpaired) electrons. The monoisotopic (exact) mass is 407 g/mol.